The summed E-state index contributed by atoms with van der Waals surface area (Å²) in [4.78, 5) is 16.7. The summed E-state index contributed by atoms with van der Waals surface area (Å²) in [6, 6.07) is 6.71. The van der Waals surface area contributed by atoms with Crippen molar-refractivity contribution in [3.63, 3.8) is 0 Å². The lowest BCUT2D eigenvalue weighted by Crippen LogP contribution is -2.51. The summed E-state index contributed by atoms with van der Waals surface area (Å²) in [5.74, 6) is 1.48. The van der Waals surface area contributed by atoms with Crippen LogP contribution in [0, 0.1) is 23.2 Å². The summed E-state index contributed by atoms with van der Waals surface area (Å²) in [7, 11) is 1.68. The number of hydrogen-bond acceptors (Lipinski definition) is 5. The van der Waals surface area contributed by atoms with Crippen LogP contribution in [-0.4, -0.2) is 40.6 Å². The summed E-state index contributed by atoms with van der Waals surface area (Å²) in [6.45, 7) is 3.63. The lowest BCUT2D eigenvalue weighted by molar-refractivity contribution is -0.134. The first-order chi connectivity index (χ1) is 11.8. The highest BCUT2D eigenvalue weighted by molar-refractivity contribution is 5.99. The van der Waals surface area contributed by atoms with Gasteiger partial charge in [0.25, 0.3) is 0 Å². The Hall–Kier alpha value is -2.59. The van der Waals surface area contributed by atoms with Crippen molar-refractivity contribution in [1.82, 2.24) is 10.4 Å². The first-order valence-electron chi connectivity index (χ1n) is 8.35. The molecule has 4 atom stereocenters. The molecule has 2 aliphatic heterocycles. The van der Waals surface area contributed by atoms with E-state index in [-0.39, 0.29) is 17.7 Å². The largest absolute Gasteiger partial charge is 0.485 e. The Morgan fingerprint density at radius 2 is 2.20 bits per heavy atom. The Labute approximate surface area is 145 Å². The van der Waals surface area contributed by atoms with Gasteiger partial charge < -0.3 is 9.84 Å². The van der Waals surface area contributed by atoms with E-state index in [1.165, 1.54) is 5.01 Å². The molecule has 1 aromatic carbocycles. The predicted molar refractivity (Wildman–Crippen MR) is 89.5 cm³/mol. The van der Waals surface area contributed by atoms with E-state index in [1.807, 2.05) is 13.8 Å². The predicted octanol–water partition coefficient (Wildman–Crippen LogP) is 1.14. The molecule has 2 heterocycles. The van der Waals surface area contributed by atoms with Crippen LogP contribution in [0.15, 0.2) is 23.2 Å². The molecule has 1 amide bonds. The van der Waals surface area contributed by atoms with Crippen molar-refractivity contribution in [1.29, 1.82) is 5.26 Å². The fourth-order valence-electron chi connectivity index (χ4n) is 3.58. The van der Waals surface area contributed by atoms with Gasteiger partial charge in [0.05, 0.1) is 17.6 Å². The molecular formula is C18H20N4O3. The van der Waals surface area contributed by atoms with Gasteiger partial charge in [0.15, 0.2) is 0 Å². The Bertz CT molecular complexity index is 822. The molecule has 3 aliphatic rings. The van der Waals surface area contributed by atoms with Gasteiger partial charge in [0.1, 0.15) is 29.3 Å². The summed E-state index contributed by atoms with van der Waals surface area (Å²) in [6.07, 6.45) is -0.0913. The average Bonchev–Trinajstić information content (AvgIpc) is 3.37. The number of aliphatic imine (C=N–C) groups is 1. The van der Waals surface area contributed by atoms with E-state index in [1.54, 1.807) is 25.2 Å². The number of aliphatic hydroxyl groups is 1. The van der Waals surface area contributed by atoms with Crippen LogP contribution in [0.1, 0.15) is 37.4 Å². The molecule has 0 spiro atoms. The Kier molecular flexibility index (Phi) is 3.31. The lowest BCUT2D eigenvalue weighted by Gasteiger charge is -2.41. The third-order valence-electron chi connectivity index (χ3n) is 5.19. The number of aliphatic hydroxyl groups excluding tert-OH is 1. The molecule has 2 N–H and O–H groups in total. The molecule has 1 aliphatic carbocycles. The van der Waals surface area contributed by atoms with Crippen molar-refractivity contribution < 1.29 is 14.6 Å². The van der Waals surface area contributed by atoms with Crippen LogP contribution < -0.4 is 10.2 Å². The fraction of sp³-hybridized carbons (Fsp3) is 0.500. The number of amides is 1. The number of carbonyl (C=O) groups excluding carboxylic acids is 1. The van der Waals surface area contributed by atoms with E-state index in [9.17, 15) is 15.2 Å². The molecule has 2 fully saturated rings. The second-order valence-electron chi connectivity index (χ2n) is 7.43. The van der Waals surface area contributed by atoms with E-state index >= 15 is 0 Å². The second kappa shape index (κ2) is 5.20. The van der Waals surface area contributed by atoms with Gasteiger partial charge in [0, 0.05) is 18.5 Å². The van der Waals surface area contributed by atoms with Gasteiger partial charge in [-0.05, 0) is 38.5 Å². The molecule has 0 bridgehead atoms. The van der Waals surface area contributed by atoms with Gasteiger partial charge >= 0.3 is 0 Å². The maximum atomic E-state index is 12.0. The number of nitrogens with zero attached hydrogens (tertiary/aromatic N) is 3. The molecule has 4 unspecified atom stereocenters. The van der Waals surface area contributed by atoms with Crippen LogP contribution in [0.3, 0.4) is 0 Å². The number of nitrogens with one attached hydrogen (secondary N) is 1. The average molecular weight is 340 g/mol. The molecule has 0 radical (unpaired) electrons. The number of nitriles is 1. The van der Waals surface area contributed by atoms with E-state index in [2.05, 4.69) is 11.5 Å². The number of hydrogen-bond donors (Lipinski definition) is 2. The molecule has 25 heavy (non-hydrogen) atoms. The van der Waals surface area contributed by atoms with Crippen molar-refractivity contribution in [3.8, 4) is 11.8 Å². The monoisotopic (exact) mass is 340 g/mol. The molecular weight excluding hydrogens is 320 g/mol. The Morgan fingerprint density at radius 3 is 2.92 bits per heavy atom. The van der Waals surface area contributed by atoms with Crippen LogP contribution >= 0.6 is 0 Å². The van der Waals surface area contributed by atoms with Crippen LogP contribution in [0.25, 0.3) is 0 Å². The normalized spacial score (nSPS) is 33.6. The number of fused-ring (bicyclic) bond motifs is 2. The summed E-state index contributed by atoms with van der Waals surface area (Å²) in [5.41, 5.74) is 3.40. The van der Waals surface area contributed by atoms with E-state index < -0.39 is 17.7 Å². The minimum atomic E-state index is -0.872. The molecule has 130 valence electrons. The SMILES string of the molecule is CN1NC(=NC2c3cc(C#N)ccc3OC(C)(C)C2O)C2CC2C1=O. The number of ether oxygens (including phenoxy) is 1. The van der Waals surface area contributed by atoms with Crippen molar-refractivity contribution >= 4 is 11.7 Å². The standard InChI is InChI=1S/C18H20N4O3/c1-18(2)15(23)14(12-6-9(8-19)4-5-13(12)25-18)20-16-10-7-11(10)17(24)22(3)21-16/h4-6,10-11,14-15,23H,7H2,1-3H3,(H,20,21). The number of benzene rings is 1. The third kappa shape index (κ3) is 2.45. The highest BCUT2D eigenvalue weighted by Crippen LogP contribution is 2.46. The fourth-order valence-corrected chi connectivity index (χ4v) is 3.58. The lowest BCUT2D eigenvalue weighted by atomic mass is 9.86. The quantitative estimate of drug-likeness (QED) is 0.799. The van der Waals surface area contributed by atoms with Crippen LogP contribution in [-0.2, 0) is 4.79 Å². The topological polar surface area (TPSA) is 98.0 Å². The molecule has 7 heteroatoms. The Morgan fingerprint density at radius 1 is 1.44 bits per heavy atom. The zero-order valence-electron chi connectivity index (χ0n) is 14.4. The maximum Gasteiger partial charge on any atom is 0.244 e. The number of rotatable bonds is 1. The van der Waals surface area contributed by atoms with Crippen LogP contribution in [0.4, 0.5) is 0 Å². The smallest absolute Gasteiger partial charge is 0.244 e. The van der Waals surface area contributed by atoms with E-state index in [0.29, 0.717) is 22.7 Å². The maximum absolute atomic E-state index is 12.0. The minimum Gasteiger partial charge on any atom is -0.485 e. The number of hydrazine groups is 1. The summed E-state index contributed by atoms with van der Waals surface area (Å²) in [5, 5.41) is 21.5. The van der Waals surface area contributed by atoms with Crippen molar-refractivity contribution in [2.75, 3.05) is 7.05 Å². The first-order valence-corrected chi connectivity index (χ1v) is 8.35. The van der Waals surface area contributed by atoms with Crippen LogP contribution in [0.5, 0.6) is 5.75 Å². The summed E-state index contributed by atoms with van der Waals surface area (Å²) < 4.78 is 5.91. The third-order valence-corrected chi connectivity index (χ3v) is 5.19. The van der Waals surface area contributed by atoms with Gasteiger partial charge in [-0.25, -0.2) is 0 Å². The van der Waals surface area contributed by atoms with Crippen molar-refractivity contribution in [3.05, 3.63) is 29.3 Å². The molecule has 4 rings (SSSR count). The van der Waals surface area contributed by atoms with Gasteiger partial charge in [-0.15, -0.1) is 0 Å². The van der Waals surface area contributed by atoms with E-state index in [4.69, 9.17) is 9.73 Å². The van der Waals surface area contributed by atoms with E-state index in [0.717, 1.165) is 6.42 Å². The van der Waals surface area contributed by atoms with Gasteiger partial charge in [-0.3, -0.25) is 20.2 Å². The number of amidine groups is 1. The highest BCUT2D eigenvalue weighted by Gasteiger charge is 2.52. The molecule has 7 nitrogen and oxygen atoms in total. The molecule has 1 saturated carbocycles. The second-order valence-corrected chi connectivity index (χ2v) is 7.43. The van der Waals surface area contributed by atoms with Crippen molar-refractivity contribution in [2.45, 2.75) is 38.0 Å². The molecule has 1 saturated heterocycles. The zero-order valence-corrected chi connectivity index (χ0v) is 14.4. The molecule has 1 aromatic rings. The van der Waals surface area contributed by atoms with Crippen LogP contribution in [0.2, 0.25) is 0 Å². The van der Waals surface area contributed by atoms with Gasteiger partial charge in [-0.2, -0.15) is 5.26 Å². The van der Waals surface area contributed by atoms with Gasteiger partial charge in [0.2, 0.25) is 5.91 Å². The Balaban J connectivity index is 1.77. The number of carbonyl (C=O) groups is 1. The first kappa shape index (κ1) is 15.9. The van der Waals surface area contributed by atoms with Crippen molar-refractivity contribution in [2.24, 2.45) is 16.8 Å². The van der Waals surface area contributed by atoms with Gasteiger partial charge in [-0.1, -0.05) is 0 Å². The molecule has 0 aromatic heterocycles. The highest BCUT2D eigenvalue weighted by atomic mass is 16.5. The zero-order chi connectivity index (χ0) is 17.9. The summed E-state index contributed by atoms with van der Waals surface area (Å²) >= 11 is 0. The minimum absolute atomic E-state index is 0.0140.